The lowest BCUT2D eigenvalue weighted by Gasteiger charge is -2.44. The van der Waals surface area contributed by atoms with Gasteiger partial charge in [-0.3, -0.25) is 9.69 Å². The van der Waals surface area contributed by atoms with Crippen molar-refractivity contribution in [2.45, 2.75) is 37.6 Å². The van der Waals surface area contributed by atoms with E-state index in [1.165, 1.54) is 27.8 Å². The molecular weight excluding hydrogens is 476 g/mol. The van der Waals surface area contributed by atoms with Gasteiger partial charge in [-0.1, -0.05) is 66.2 Å². The smallest absolute Gasteiger partial charge is 0.217 e. The van der Waals surface area contributed by atoms with E-state index in [0.717, 1.165) is 38.8 Å². The first kappa shape index (κ1) is 23.5. The Labute approximate surface area is 206 Å². The number of carbonyl (C=O) groups excluding carboxylic acids is 1. The Morgan fingerprint density at radius 2 is 1.70 bits per heavy atom. The van der Waals surface area contributed by atoms with Crippen molar-refractivity contribution >= 4 is 22.9 Å². The van der Waals surface area contributed by atoms with E-state index in [9.17, 15) is 4.79 Å². The third kappa shape index (κ3) is 4.32. The van der Waals surface area contributed by atoms with E-state index in [1.54, 1.807) is 6.26 Å². The molecule has 1 atom stereocenters. The zero-order chi connectivity index (χ0) is 22.0. The van der Waals surface area contributed by atoms with Crippen LogP contribution in [0, 0.1) is 5.92 Å². The number of likely N-dealkylation sites (tertiary alicyclic amines) is 1. The van der Waals surface area contributed by atoms with Crippen molar-refractivity contribution in [1.82, 2.24) is 4.90 Å². The van der Waals surface area contributed by atoms with Crippen molar-refractivity contribution in [1.29, 1.82) is 0 Å². The number of fused-ring (bicyclic) bond motifs is 1. The molecular formula is C28H31BrN2O2. The van der Waals surface area contributed by atoms with Gasteiger partial charge in [0.2, 0.25) is 5.91 Å². The van der Waals surface area contributed by atoms with Crippen LogP contribution in [0.2, 0.25) is 0 Å². The Morgan fingerprint density at radius 1 is 1.03 bits per heavy atom. The van der Waals surface area contributed by atoms with E-state index in [-0.39, 0.29) is 34.3 Å². The quantitative estimate of drug-likeness (QED) is 0.530. The average Bonchev–Trinajstić information content (AvgIpc) is 3.40. The lowest BCUT2D eigenvalue weighted by Crippen LogP contribution is -2.47. The number of carbonyl (C=O) groups is 1. The normalized spacial score (nSPS) is 21.2. The molecule has 2 aliphatic heterocycles. The summed E-state index contributed by atoms with van der Waals surface area (Å²) in [5.41, 5.74) is 12.1. The lowest BCUT2D eigenvalue weighted by molar-refractivity contribution is -0.119. The van der Waals surface area contributed by atoms with Crippen LogP contribution in [0.3, 0.4) is 0 Å². The number of rotatable bonds is 7. The average molecular weight is 507 g/mol. The molecule has 0 spiro atoms. The van der Waals surface area contributed by atoms with Crippen LogP contribution in [0.15, 0.2) is 96.0 Å². The maximum Gasteiger partial charge on any atom is 0.217 e. The van der Waals surface area contributed by atoms with Crippen molar-refractivity contribution < 1.29 is 9.53 Å². The third-order valence-electron chi connectivity index (χ3n) is 7.34. The Balaban J connectivity index is 0.00000259. The molecule has 1 saturated heterocycles. The number of primary amides is 1. The van der Waals surface area contributed by atoms with E-state index >= 15 is 0 Å². The number of amides is 1. The lowest BCUT2D eigenvalue weighted by atomic mass is 9.72. The van der Waals surface area contributed by atoms with Crippen molar-refractivity contribution in [2.75, 3.05) is 13.1 Å². The van der Waals surface area contributed by atoms with Gasteiger partial charge in [0, 0.05) is 13.0 Å². The van der Waals surface area contributed by atoms with E-state index < -0.39 is 0 Å². The minimum Gasteiger partial charge on any atom is -0.472 e. The van der Waals surface area contributed by atoms with Crippen LogP contribution in [-0.4, -0.2) is 23.9 Å². The van der Waals surface area contributed by atoms with Gasteiger partial charge in [0.15, 0.2) is 0 Å². The molecule has 3 aliphatic rings. The predicted octanol–water partition coefficient (Wildman–Crippen LogP) is 5.61. The van der Waals surface area contributed by atoms with Crippen LogP contribution in [-0.2, 0) is 15.1 Å². The molecule has 2 heterocycles. The maximum absolute atomic E-state index is 12.1. The first-order valence-electron chi connectivity index (χ1n) is 11.6. The summed E-state index contributed by atoms with van der Waals surface area (Å²) < 4.78 is 5.38. The molecule has 4 nitrogen and oxygen atoms in total. The van der Waals surface area contributed by atoms with Crippen molar-refractivity contribution in [3.8, 4) is 0 Å². The summed E-state index contributed by atoms with van der Waals surface area (Å²) in [7, 11) is 0. The zero-order valence-electron chi connectivity index (χ0n) is 18.8. The topological polar surface area (TPSA) is 55.6 Å². The SMILES string of the molecule is Br.NC(=O)C[C@@H]1CCN(CCC2=C3C=COC=C3CC2)C1(c1ccccc1)c1ccccc1. The fourth-order valence-electron chi connectivity index (χ4n) is 6.01. The van der Waals surface area contributed by atoms with Crippen LogP contribution in [0.1, 0.15) is 43.2 Å². The highest BCUT2D eigenvalue weighted by atomic mass is 79.9. The largest absolute Gasteiger partial charge is 0.472 e. The Kier molecular flexibility index (Phi) is 7.20. The van der Waals surface area contributed by atoms with Gasteiger partial charge in [-0.2, -0.15) is 0 Å². The van der Waals surface area contributed by atoms with Crippen LogP contribution in [0.5, 0.6) is 0 Å². The van der Waals surface area contributed by atoms with Crippen LogP contribution >= 0.6 is 17.0 Å². The summed E-state index contributed by atoms with van der Waals surface area (Å²) in [5.74, 6) is -0.0830. The second-order valence-corrected chi connectivity index (χ2v) is 8.99. The number of hydrogen-bond acceptors (Lipinski definition) is 3. The number of nitrogens with zero attached hydrogens (tertiary/aromatic N) is 1. The summed E-state index contributed by atoms with van der Waals surface area (Å²) in [4.78, 5) is 14.7. The number of allylic oxidation sites excluding steroid dienone is 3. The Hall–Kier alpha value is -2.63. The highest BCUT2D eigenvalue weighted by Crippen LogP contribution is 2.50. The molecule has 2 N–H and O–H groups in total. The molecule has 0 saturated carbocycles. The molecule has 1 amide bonds. The van der Waals surface area contributed by atoms with Gasteiger partial charge in [0.05, 0.1) is 18.1 Å². The van der Waals surface area contributed by atoms with Gasteiger partial charge in [-0.15, -0.1) is 17.0 Å². The molecule has 1 aliphatic carbocycles. The molecule has 0 unspecified atom stereocenters. The second-order valence-electron chi connectivity index (χ2n) is 8.99. The van der Waals surface area contributed by atoms with E-state index in [4.69, 9.17) is 10.5 Å². The number of ether oxygens (including phenoxy) is 1. The molecule has 172 valence electrons. The first-order valence-corrected chi connectivity index (χ1v) is 11.6. The second kappa shape index (κ2) is 10.1. The fraction of sp³-hybridized carbons (Fsp3) is 0.321. The fourth-order valence-corrected chi connectivity index (χ4v) is 6.01. The van der Waals surface area contributed by atoms with Crippen molar-refractivity contribution in [3.63, 3.8) is 0 Å². The molecule has 1 fully saturated rings. The summed E-state index contributed by atoms with van der Waals surface area (Å²) in [6.07, 6.45) is 10.3. The van der Waals surface area contributed by atoms with Gasteiger partial charge in [0.25, 0.3) is 0 Å². The monoisotopic (exact) mass is 506 g/mol. The molecule has 0 radical (unpaired) electrons. The molecule has 2 aromatic rings. The standard InChI is InChI=1S/C28H30N2O2.BrH/c29-27(31)19-25-14-17-30(16-13-21-11-12-22-20-32-18-15-26(21)22)28(25,23-7-3-1-4-8-23)24-9-5-2-6-10-24;/h1-10,15,18,20,25H,11-14,16-17,19H2,(H2,29,31);1H/t25-;/m0./s1. The van der Waals surface area contributed by atoms with Crippen molar-refractivity contribution in [3.05, 3.63) is 107 Å². The van der Waals surface area contributed by atoms with Gasteiger partial charge in [-0.25, -0.2) is 0 Å². The Morgan fingerprint density at radius 3 is 2.33 bits per heavy atom. The van der Waals surface area contributed by atoms with Crippen LogP contribution in [0.4, 0.5) is 0 Å². The summed E-state index contributed by atoms with van der Waals surface area (Å²) >= 11 is 0. The van der Waals surface area contributed by atoms with Crippen LogP contribution < -0.4 is 5.73 Å². The van der Waals surface area contributed by atoms with Crippen molar-refractivity contribution in [2.24, 2.45) is 11.7 Å². The summed E-state index contributed by atoms with van der Waals surface area (Å²) in [5, 5.41) is 0. The number of benzene rings is 2. The highest BCUT2D eigenvalue weighted by molar-refractivity contribution is 8.93. The number of nitrogens with two attached hydrogens (primary N) is 1. The third-order valence-corrected chi connectivity index (χ3v) is 7.34. The number of halogens is 1. The minimum absolute atomic E-state index is 0. The predicted molar refractivity (Wildman–Crippen MR) is 137 cm³/mol. The van der Waals surface area contributed by atoms with E-state index in [0.29, 0.717) is 6.42 Å². The molecule has 5 rings (SSSR count). The molecule has 0 bridgehead atoms. The van der Waals surface area contributed by atoms with Gasteiger partial charge < -0.3 is 10.5 Å². The zero-order valence-corrected chi connectivity index (χ0v) is 20.5. The van der Waals surface area contributed by atoms with Crippen LogP contribution in [0.25, 0.3) is 0 Å². The maximum atomic E-state index is 12.1. The van der Waals surface area contributed by atoms with E-state index in [1.807, 2.05) is 6.26 Å². The van der Waals surface area contributed by atoms with E-state index in [2.05, 4.69) is 71.6 Å². The minimum atomic E-state index is -0.356. The van der Waals surface area contributed by atoms with Gasteiger partial charge in [-0.05, 0) is 66.5 Å². The highest BCUT2D eigenvalue weighted by Gasteiger charge is 2.51. The van der Waals surface area contributed by atoms with Gasteiger partial charge in [0.1, 0.15) is 0 Å². The number of hydrogen-bond donors (Lipinski definition) is 1. The Bertz CT molecular complexity index is 1040. The molecule has 2 aromatic carbocycles. The first-order chi connectivity index (χ1) is 15.7. The molecule has 33 heavy (non-hydrogen) atoms. The van der Waals surface area contributed by atoms with Gasteiger partial charge >= 0.3 is 0 Å². The molecule has 0 aromatic heterocycles. The summed E-state index contributed by atoms with van der Waals surface area (Å²) in [6, 6.07) is 21.3. The summed E-state index contributed by atoms with van der Waals surface area (Å²) in [6.45, 7) is 1.89. The molecule has 5 heteroatoms.